The molecule has 1 N–H and O–H groups in total. The highest BCUT2D eigenvalue weighted by Crippen LogP contribution is 1.98. The van der Waals surface area contributed by atoms with E-state index >= 15 is 0 Å². The number of aliphatic carboxylic acids is 1. The molecule has 0 amide bonds. The van der Waals surface area contributed by atoms with E-state index in [9.17, 15) is 14.4 Å². The second-order valence-corrected chi connectivity index (χ2v) is 3.77. The van der Waals surface area contributed by atoms with Crippen LogP contribution in [0.3, 0.4) is 0 Å². The Labute approximate surface area is 128 Å². The van der Waals surface area contributed by atoms with Crippen molar-refractivity contribution in [1.29, 1.82) is 0 Å². The van der Waals surface area contributed by atoms with Crippen LogP contribution in [0.4, 0.5) is 0 Å². The van der Waals surface area contributed by atoms with E-state index in [-0.39, 0.29) is 32.5 Å². The summed E-state index contributed by atoms with van der Waals surface area (Å²) in [6.07, 6.45) is 1.09. The molecule has 0 aliphatic heterocycles. The zero-order valence-electron chi connectivity index (χ0n) is 11.8. The SMILES string of the molecule is C=CC(=O)OCCCOC(=O)CCCC(=O)O.[B]B([B])[B]. The first-order chi connectivity index (χ1) is 9.79. The third kappa shape index (κ3) is 23.9. The van der Waals surface area contributed by atoms with Gasteiger partial charge in [-0.2, -0.15) is 0 Å². The molecule has 108 valence electrons. The number of carboxylic acid groups (broad SMARTS) is 1. The van der Waals surface area contributed by atoms with E-state index in [2.05, 4.69) is 34.5 Å². The van der Waals surface area contributed by atoms with Crippen molar-refractivity contribution in [1.82, 2.24) is 0 Å². The largest absolute Gasteiger partial charge is 0.481 e. The van der Waals surface area contributed by atoms with Gasteiger partial charge >= 0.3 is 17.9 Å². The predicted molar refractivity (Wildman–Crippen MR) is 81.2 cm³/mol. The molecule has 0 aliphatic rings. The maximum atomic E-state index is 11.0. The molecule has 6 nitrogen and oxygen atoms in total. The average Bonchev–Trinajstić information content (AvgIpc) is 2.36. The zero-order valence-corrected chi connectivity index (χ0v) is 11.8. The van der Waals surface area contributed by atoms with Gasteiger partial charge < -0.3 is 14.6 Å². The van der Waals surface area contributed by atoms with Crippen LogP contribution in [-0.2, 0) is 23.9 Å². The molecule has 0 saturated heterocycles. The minimum Gasteiger partial charge on any atom is -0.481 e. The molecule has 6 radical (unpaired) electrons. The van der Waals surface area contributed by atoms with Gasteiger partial charge in [0.25, 0.3) is 0 Å². The molecular weight excluding hydrogens is 271 g/mol. The maximum Gasteiger partial charge on any atom is 0.330 e. The van der Waals surface area contributed by atoms with Gasteiger partial charge in [-0.15, -0.1) is 0 Å². The van der Waals surface area contributed by atoms with Gasteiger partial charge in [0, 0.05) is 54.9 Å². The number of esters is 2. The summed E-state index contributed by atoms with van der Waals surface area (Å²) in [5.74, 6) is -1.90. The van der Waals surface area contributed by atoms with Crippen LogP contribution in [0, 0.1) is 0 Å². The van der Waals surface area contributed by atoms with Gasteiger partial charge in [0.1, 0.15) is 0 Å². The van der Waals surface area contributed by atoms with Crippen LogP contribution < -0.4 is 0 Å². The van der Waals surface area contributed by atoms with Gasteiger partial charge in [-0.3, -0.25) is 9.59 Å². The van der Waals surface area contributed by atoms with Gasteiger partial charge in [0.05, 0.1) is 13.2 Å². The van der Waals surface area contributed by atoms with E-state index in [1.165, 1.54) is 0 Å². The normalized spacial score (nSPS) is 8.76. The van der Waals surface area contributed by atoms with E-state index in [0.29, 0.717) is 6.42 Å². The first-order valence-electron chi connectivity index (χ1n) is 6.23. The number of rotatable bonds is 9. The lowest BCUT2D eigenvalue weighted by Crippen LogP contribution is -2.11. The minimum atomic E-state index is -0.936. The minimum absolute atomic E-state index is 0.0496. The Morgan fingerprint density at radius 2 is 1.57 bits per heavy atom. The number of hydrogen-bond donors (Lipinski definition) is 1. The summed E-state index contributed by atoms with van der Waals surface area (Å²) >= 11 is 0. The Morgan fingerprint density at radius 3 is 2.05 bits per heavy atom. The van der Waals surface area contributed by atoms with Crippen LogP contribution in [0.5, 0.6) is 0 Å². The lowest BCUT2D eigenvalue weighted by atomic mass is 9.08. The van der Waals surface area contributed by atoms with Gasteiger partial charge in [-0.1, -0.05) is 6.58 Å². The summed E-state index contributed by atoms with van der Waals surface area (Å²) < 4.78 is 9.45. The molecule has 0 spiro atoms. The van der Waals surface area contributed by atoms with E-state index in [0.717, 1.165) is 6.08 Å². The van der Waals surface area contributed by atoms with Gasteiger partial charge in [0.15, 0.2) is 0 Å². The number of hydrogen-bond acceptors (Lipinski definition) is 5. The number of carboxylic acids is 1. The van der Waals surface area contributed by atoms with Crippen LogP contribution in [0.25, 0.3) is 0 Å². The Hall–Kier alpha value is -1.59. The third-order valence-electron chi connectivity index (χ3n) is 1.73. The summed E-state index contributed by atoms with van der Waals surface area (Å²) in [6, 6.07) is 0. The Morgan fingerprint density at radius 1 is 1.05 bits per heavy atom. The second-order valence-electron chi connectivity index (χ2n) is 3.77. The van der Waals surface area contributed by atoms with Crippen molar-refractivity contribution >= 4 is 47.5 Å². The van der Waals surface area contributed by atoms with Crippen molar-refractivity contribution in [3.05, 3.63) is 12.7 Å². The summed E-state index contributed by atoms with van der Waals surface area (Å²) in [5, 5.41) is 8.34. The average molecular weight is 287 g/mol. The molecule has 0 atom stereocenters. The van der Waals surface area contributed by atoms with Crippen LogP contribution in [0.1, 0.15) is 25.7 Å². The highest BCUT2D eigenvalue weighted by atomic mass is 16.5. The smallest absolute Gasteiger partial charge is 0.330 e. The lowest BCUT2D eigenvalue weighted by Gasteiger charge is -2.04. The predicted octanol–water partition coefficient (Wildman–Crippen LogP) is -0.619. The quantitative estimate of drug-likeness (QED) is 0.263. The van der Waals surface area contributed by atoms with Gasteiger partial charge in [-0.05, 0) is 6.42 Å². The van der Waals surface area contributed by atoms with Crippen LogP contribution in [0.15, 0.2) is 12.7 Å². The standard InChI is InChI=1S/C11H16O6.B4/c1-2-10(14)16-7-4-8-17-11(15)6-3-5-9(12)13;1-4(2)3/h2H,1,3-8H2,(H,12,13);. The Kier molecular flexibility index (Phi) is 15.3. The second kappa shape index (κ2) is 14.8. The van der Waals surface area contributed by atoms with Crippen molar-refractivity contribution in [3.63, 3.8) is 0 Å². The molecule has 0 rings (SSSR count). The monoisotopic (exact) mass is 288 g/mol. The Balaban J connectivity index is 0. The van der Waals surface area contributed by atoms with Crippen molar-refractivity contribution in [2.24, 2.45) is 0 Å². The number of ether oxygens (including phenoxy) is 2. The summed E-state index contributed by atoms with van der Waals surface area (Å²) in [7, 11) is 14.0. The van der Waals surface area contributed by atoms with E-state index in [4.69, 9.17) is 9.84 Å². The lowest BCUT2D eigenvalue weighted by molar-refractivity contribution is -0.144. The molecular formula is C11H16B4O6. The first kappa shape index (κ1) is 21.7. The van der Waals surface area contributed by atoms with E-state index in [1.54, 1.807) is 0 Å². The number of carbonyl (C=O) groups is 3. The zero-order chi connectivity index (χ0) is 16.7. The fourth-order valence-electron chi connectivity index (χ4n) is 0.933. The first-order valence-corrected chi connectivity index (χ1v) is 6.23. The molecule has 0 saturated carbocycles. The molecule has 0 bridgehead atoms. The van der Waals surface area contributed by atoms with Gasteiger partial charge in [0.2, 0.25) is 0 Å². The Bertz CT molecular complexity index is 332. The third-order valence-corrected chi connectivity index (χ3v) is 1.73. The topological polar surface area (TPSA) is 89.9 Å². The molecule has 0 aliphatic carbocycles. The summed E-state index contributed by atoms with van der Waals surface area (Å²) in [4.78, 5) is 31.8. The van der Waals surface area contributed by atoms with Gasteiger partial charge in [-0.25, -0.2) is 4.79 Å². The summed E-state index contributed by atoms with van der Waals surface area (Å²) in [6.45, 7) is 3.54. The molecule has 10 heteroatoms. The highest BCUT2D eigenvalue weighted by molar-refractivity contribution is 7.49. The fourth-order valence-corrected chi connectivity index (χ4v) is 0.933. The van der Waals surface area contributed by atoms with E-state index in [1.807, 2.05) is 0 Å². The molecule has 0 aromatic carbocycles. The maximum absolute atomic E-state index is 11.0. The van der Waals surface area contributed by atoms with Crippen LogP contribution >= 0.6 is 0 Å². The molecule has 0 heterocycles. The van der Waals surface area contributed by atoms with Crippen LogP contribution in [0.2, 0.25) is 0 Å². The van der Waals surface area contributed by atoms with Crippen molar-refractivity contribution in [2.75, 3.05) is 13.2 Å². The van der Waals surface area contributed by atoms with Crippen molar-refractivity contribution in [3.8, 4) is 0 Å². The van der Waals surface area contributed by atoms with Crippen molar-refractivity contribution < 1.29 is 29.0 Å². The molecule has 21 heavy (non-hydrogen) atoms. The fraction of sp³-hybridized carbons (Fsp3) is 0.545. The van der Waals surface area contributed by atoms with E-state index < -0.39 is 24.3 Å². The van der Waals surface area contributed by atoms with Crippen LogP contribution in [-0.4, -0.2) is 65.8 Å². The molecule has 0 unspecified atom stereocenters. The van der Waals surface area contributed by atoms with Crippen molar-refractivity contribution in [2.45, 2.75) is 25.7 Å². The highest BCUT2D eigenvalue weighted by Gasteiger charge is 2.05. The number of carbonyl (C=O) groups excluding carboxylic acids is 2. The molecule has 0 aromatic heterocycles. The summed E-state index contributed by atoms with van der Waals surface area (Å²) in [5.41, 5.74) is 0. The molecule has 0 aromatic rings. The molecule has 0 fully saturated rings.